The molecule has 0 fully saturated rings. The lowest BCUT2D eigenvalue weighted by molar-refractivity contribution is -0.147. The van der Waals surface area contributed by atoms with E-state index in [1.807, 2.05) is 84.0 Å². The highest BCUT2D eigenvalue weighted by molar-refractivity contribution is 6.00. The van der Waals surface area contributed by atoms with Gasteiger partial charge in [-0.25, -0.2) is 4.79 Å². The van der Waals surface area contributed by atoms with Crippen LogP contribution in [-0.2, 0) is 19.1 Å². The molecule has 2 aromatic rings. The molecule has 4 N–H and O–H groups in total. The van der Waals surface area contributed by atoms with Crippen LogP contribution >= 0.6 is 0 Å². The van der Waals surface area contributed by atoms with Gasteiger partial charge in [0, 0.05) is 17.6 Å². The van der Waals surface area contributed by atoms with E-state index in [4.69, 9.17) is 10.5 Å². The van der Waals surface area contributed by atoms with E-state index in [0.717, 1.165) is 16.7 Å². The van der Waals surface area contributed by atoms with E-state index in [1.165, 1.54) is 4.90 Å². The average molecular weight is 553 g/mol. The summed E-state index contributed by atoms with van der Waals surface area (Å²) >= 11 is 0. The Morgan fingerprint density at radius 1 is 0.875 bits per heavy atom. The highest BCUT2D eigenvalue weighted by Crippen LogP contribution is 2.33. The van der Waals surface area contributed by atoms with Crippen LogP contribution in [0.4, 0.5) is 10.5 Å². The summed E-state index contributed by atoms with van der Waals surface area (Å²) < 4.78 is 5.39. The minimum absolute atomic E-state index is 0.0565. The molecule has 2 unspecified atom stereocenters. The molecule has 9 nitrogen and oxygen atoms in total. The second-order valence-electron chi connectivity index (χ2n) is 12.1. The molecule has 0 aliphatic rings. The summed E-state index contributed by atoms with van der Waals surface area (Å²) in [7, 11) is 0. The van der Waals surface area contributed by atoms with Crippen LogP contribution in [0.15, 0.2) is 42.5 Å². The number of para-hydroxylation sites is 1. The minimum Gasteiger partial charge on any atom is -0.444 e. The third-order valence-corrected chi connectivity index (χ3v) is 6.35. The van der Waals surface area contributed by atoms with Gasteiger partial charge in [-0.1, -0.05) is 42.5 Å². The summed E-state index contributed by atoms with van der Waals surface area (Å²) in [6, 6.07) is 10.9. The summed E-state index contributed by atoms with van der Waals surface area (Å²) in [5, 5.41) is 5.67. The van der Waals surface area contributed by atoms with Crippen molar-refractivity contribution in [2.45, 2.75) is 98.4 Å². The van der Waals surface area contributed by atoms with Crippen molar-refractivity contribution in [2.24, 2.45) is 5.73 Å². The molecule has 0 aromatic heterocycles. The normalized spacial score (nSPS) is 13.1. The van der Waals surface area contributed by atoms with E-state index < -0.39 is 47.0 Å². The van der Waals surface area contributed by atoms with Crippen molar-refractivity contribution in [2.75, 3.05) is 5.32 Å². The van der Waals surface area contributed by atoms with Crippen molar-refractivity contribution in [3.63, 3.8) is 0 Å². The number of carbonyl (C=O) groups is 4. The van der Waals surface area contributed by atoms with Gasteiger partial charge in [0.15, 0.2) is 0 Å². The molecule has 0 heterocycles. The predicted octanol–water partition coefficient (Wildman–Crippen LogP) is 5.08. The largest absolute Gasteiger partial charge is 0.444 e. The lowest BCUT2D eigenvalue weighted by Crippen LogP contribution is -2.58. The third-order valence-electron chi connectivity index (χ3n) is 6.35. The Bertz CT molecular complexity index is 1220. The summed E-state index contributed by atoms with van der Waals surface area (Å²) in [5.74, 6) is -1.56. The fourth-order valence-electron chi connectivity index (χ4n) is 4.50. The second kappa shape index (κ2) is 13.0. The lowest BCUT2D eigenvalue weighted by atomic mass is 9.92. The number of nitrogens with two attached hydrogens (primary N) is 1. The number of nitrogens with one attached hydrogen (secondary N) is 2. The highest BCUT2D eigenvalue weighted by Gasteiger charge is 2.42. The Morgan fingerprint density at radius 3 is 1.93 bits per heavy atom. The van der Waals surface area contributed by atoms with Gasteiger partial charge >= 0.3 is 6.09 Å². The molecule has 218 valence electrons. The van der Waals surface area contributed by atoms with Crippen LogP contribution in [0.2, 0.25) is 0 Å². The summed E-state index contributed by atoms with van der Waals surface area (Å²) in [4.78, 5) is 54.4. The van der Waals surface area contributed by atoms with E-state index in [0.29, 0.717) is 11.3 Å². The maximum Gasteiger partial charge on any atom is 0.408 e. The Morgan fingerprint density at radius 2 is 1.43 bits per heavy atom. The van der Waals surface area contributed by atoms with Crippen molar-refractivity contribution in [3.05, 3.63) is 64.7 Å². The number of carbonyl (C=O) groups excluding carboxylic acids is 4. The molecule has 0 spiro atoms. The number of hydrogen-bond donors (Lipinski definition) is 3. The van der Waals surface area contributed by atoms with Crippen LogP contribution in [0.1, 0.15) is 82.7 Å². The lowest BCUT2D eigenvalue weighted by Gasteiger charge is -2.43. The number of anilines is 1. The number of nitrogens with zero attached hydrogens (tertiary/aromatic N) is 1. The number of alkyl carbamates (subject to hydrolysis) is 1. The standard InChI is InChI=1S/C31H44N4O5/c1-19-13-10-11-16-22(19)26(27(37)34-25-20(2)14-12-15-21(25)3)35(30(4,5)6)28(38)23(17-18-24(32)36)33-29(39)40-31(7,8)9/h10-16,23,26H,17-18H2,1-9H3,(H2,32,36)(H,33,39)(H,34,37). The van der Waals surface area contributed by atoms with Crippen molar-refractivity contribution < 1.29 is 23.9 Å². The van der Waals surface area contributed by atoms with Gasteiger partial charge in [-0.05, 0) is 91.0 Å². The van der Waals surface area contributed by atoms with Gasteiger partial charge < -0.3 is 26.0 Å². The number of ether oxygens (including phenoxy) is 1. The third kappa shape index (κ3) is 8.83. The molecule has 2 rings (SSSR count). The first-order valence-electron chi connectivity index (χ1n) is 13.5. The number of aryl methyl sites for hydroxylation is 3. The summed E-state index contributed by atoms with van der Waals surface area (Å²) in [5.41, 5.74) is 7.62. The maximum atomic E-state index is 14.3. The van der Waals surface area contributed by atoms with E-state index in [2.05, 4.69) is 10.6 Å². The number of amides is 4. The number of rotatable bonds is 9. The zero-order valence-electron chi connectivity index (χ0n) is 25.2. The fraction of sp³-hybridized carbons (Fsp3) is 0.484. The molecule has 0 aliphatic carbocycles. The highest BCUT2D eigenvalue weighted by atomic mass is 16.6. The second-order valence-corrected chi connectivity index (χ2v) is 12.1. The average Bonchev–Trinajstić information content (AvgIpc) is 2.80. The molecular weight excluding hydrogens is 508 g/mol. The summed E-state index contributed by atoms with van der Waals surface area (Å²) in [6.07, 6.45) is -1.01. The topological polar surface area (TPSA) is 131 Å². The maximum absolute atomic E-state index is 14.3. The Labute approximate surface area is 237 Å². The number of hydrogen-bond acceptors (Lipinski definition) is 5. The molecule has 40 heavy (non-hydrogen) atoms. The Hall–Kier alpha value is -3.88. The molecule has 2 atom stereocenters. The molecule has 0 bridgehead atoms. The van der Waals surface area contributed by atoms with Crippen molar-refractivity contribution in [1.82, 2.24) is 10.2 Å². The SMILES string of the molecule is Cc1ccccc1C(C(=O)Nc1c(C)cccc1C)N(C(=O)C(CCC(N)=O)NC(=O)OC(C)(C)C)C(C)(C)C. The van der Waals surface area contributed by atoms with Crippen LogP contribution in [0.3, 0.4) is 0 Å². The first-order chi connectivity index (χ1) is 18.4. The molecule has 0 radical (unpaired) electrons. The number of benzene rings is 2. The van der Waals surface area contributed by atoms with Gasteiger partial charge in [-0.3, -0.25) is 14.4 Å². The Kier molecular flexibility index (Phi) is 10.5. The molecule has 0 aliphatic heterocycles. The molecule has 9 heteroatoms. The molecule has 4 amide bonds. The number of primary amides is 1. The minimum atomic E-state index is -1.17. The zero-order chi connectivity index (χ0) is 30.4. The zero-order valence-corrected chi connectivity index (χ0v) is 25.2. The van der Waals surface area contributed by atoms with E-state index in [-0.39, 0.29) is 12.8 Å². The quantitative estimate of drug-likeness (QED) is 0.399. The van der Waals surface area contributed by atoms with Crippen LogP contribution in [0.25, 0.3) is 0 Å². The van der Waals surface area contributed by atoms with E-state index >= 15 is 0 Å². The van der Waals surface area contributed by atoms with Gasteiger partial charge in [0.05, 0.1) is 0 Å². The van der Waals surface area contributed by atoms with Crippen LogP contribution in [0.5, 0.6) is 0 Å². The smallest absolute Gasteiger partial charge is 0.408 e. The van der Waals surface area contributed by atoms with Crippen LogP contribution < -0.4 is 16.4 Å². The van der Waals surface area contributed by atoms with Crippen LogP contribution in [0, 0.1) is 20.8 Å². The Balaban J connectivity index is 2.65. The van der Waals surface area contributed by atoms with E-state index in [1.54, 1.807) is 20.8 Å². The molecule has 2 aromatic carbocycles. The van der Waals surface area contributed by atoms with Gasteiger partial charge in [0.25, 0.3) is 5.91 Å². The summed E-state index contributed by atoms with van der Waals surface area (Å²) in [6.45, 7) is 16.3. The van der Waals surface area contributed by atoms with Crippen LogP contribution in [-0.4, -0.2) is 45.9 Å². The van der Waals surface area contributed by atoms with E-state index in [9.17, 15) is 19.2 Å². The molecule has 0 saturated carbocycles. The molecular formula is C31H44N4O5. The van der Waals surface area contributed by atoms with Crippen molar-refractivity contribution in [3.8, 4) is 0 Å². The molecule has 0 saturated heterocycles. The van der Waals surface area contributed by atoms with Crippen molar-refractivity contribution in [1.29, 1.82) is 0 Å². The van der Waals surface area contributed by atoms with Crippen molar-refractivity contribution >= 4 is 29.5 Å². The first-order valence-corrected chi connectivity index (χ1v) is 13.5. The van der Waals surface area contributed by atoms with Gasteiger partial charge in [0.1, 0.15) is 17.7 Å². The van der Waals surface area contributed by atoms with Gasteiger partial charge in [-0.15, -0.1) is 0 Å². The van der Waals surface area contributed by atoms with Gasteiger partial charge in [-0.2, -0.15) is 0 Å². The first kappa shape index (κ1) is 32.3. The van der Waals surface area contributed by atoms with Gasteiger partial charge in [0.2, 0.25) is 11.8 Å². The monoisotopic (exact) mass is 552 g/mol. The predicted molar refractivity (Wildman–Crippen MR) is 157 cm³/mol. The fourth-order valence-corrected chi connectivity index (χ4v) is 4.50.